The Morgan fingerprint density at radius 3 is 2.42 bits per heavy atom. The third kappa shape index (κ3) is 3.84. The zero-order chi connectivity index (χ0) is 26.9. The molecule has 0 saturated heterocycles. The van der Waals surface area contributed by atoms with E-state index in [9.17, 15) is 24.9 Å². The molecule has 0 aromatic carbocycles. The highest BCUT2D eigenvalue weighted by atomic mass is 16.5. The van der Waals surface area contributed by atoms with E-state index >= 15 is 0 Å². The lowest BCUT2D eigenvalue weighted by atomic mass is 9.36. The molecule has 4 aliphatic carbocycles. The van der Waals surface area contributed by atoms with Crippen molar-refractivity contribution in [2.45, 2.75) is 111 Å². The molecule has 36 heavy (non-hydrogen) atoms. The molecular formula is C30H48O6. The van der Waals surface area contributed by atoms with Gasteiger partial charge in [-0.15, -0.1) is 0 Å². The maximum absolute atomic E-state index is 13.7. The molecule has 4 rings (SSSR count). The second-order valence-corrected chi connectivity index (χ2v) is 14.3. The van der Waals surface area contributed by atoms with Gasteiger partial charge < -0.3 is 20.1 Å². The maximum atomic E-state index is 13.7. The number of methoxy groups -OCH3 is 1. The highest BCUT2D eigenvalue weighted by Gasteiger charge is 2.69. The van der Waals surface area contributed by atoms with Crippen molar-refractivity contribution in [3.63, 3.8) is 0 Å². The van der Waals surface area contributed by atoms with E-state index < -0.39 is 16.6 Å². The predicted octanol–water partition coefficient (Wildman–Crippen LogP) is 4.59. The van der Waals surface area contributed by atoms with Crippen LogP contribution in [0.3, 0.4) is 0 Å². The van der Waals surface area contributed by atoms with E-state index in [1.54, 1.807) is 0 Å². The molecule has 0 aliphatic heterocycles. The van der Waals surface area contributed by atoms with Crippen LogP contribution in [0.5, 0.6) is 0 Å². The molecule has 6 heteroatoms. The van der Waals surface area contributed by atoms with Crippen molar-refractivity contribution in [3.05, 3.63) is 11.6 Å². The maximum Gasteiger partial charge on any atom is 0.305 e. The van der Waals surface area contributed by atoms with Gasteiger partial charge in [-0.3, -0.25) is 9.59 Å². The number of rotatable bonds is 5. The Morgan fingerprint density at radius 2 is 1.83 bits per heavy atom. The molecule has 1 unspecified atom stereocenters. The Morgan fingerprint density at radius 1 is 1.17 bits per heavy atom. The number of carbonyl (C=O) groups excluding carboxylic acids is 2. The molecule has 0 bridgehead atoms. The van der Waals surface area contributed by atoms with Gasteiger partial charge in [-0.2, -0.15) is 0 Å². The first-order valence-electron chi connectivity index (χ1n) is 13.9. The minimum absolute atomic E-state index is 0.00914. The van der Waals surface area contributed by atoms with Crippen molar-refractivity contribution >= 4 is 11.8 Å². The second-order valence-electron chi connectivity index (χ2n) is 14.3. The summed E-state index contributed by atoms with van der Waals surface area (Å²) in [5, 5.41) is 33.1. The van der Waals surface area contributed by atoms with Crippen molar-refractivity contribution in [1.29, 1.82) is 0 Å². The topological polar surface area (TPSA) is 104 Å². The third-order valence-corrected chi connectivity index (χ3v) is 11.9. The Hall–Kier alpha value is -1.24. The van der Waals surface area contributed by atoms with Gasteiger partial charge in [0.05, 0.1) is 12.7 Å². The minimum Gasteiger partial charge on any atom is -0.469 e. The number of ketones is 1. The van der Waals surface area contributed by atoms with E-state index in [0.717, 1.165) is 19.3 Å². The van der Waals surface area contributed by atoms with E-state index in [2.05, 4.69) is 33.8 Å². The summed E-state index contributed by atoms with van der Waals surface area (Å²) in [7, 11) is 1.42. The van der Waals surface area contributed by atoms with Gasteiger partial charge in [-0.05, 0) is 86.9 Å². The molecule has 0 heterocycles. The van der Waals surface area contributed by atoms with Gasteiger partial charge in [0.2, 0.25) is 0 Å². The molecule has 6 nitrogen and oxygen atoms in total. The second kappa shape index (κ2) is 8.64. The van der Waals surface area contributed by atoms with Crippen LogP contribution in [0.4, 0.5) is 0 Å². The van der Waals surface area contributed by atoms with Crippen LogP contribution in [0.15, 0.2) is 11.6 Å². The fraction of sp³-hybridized carbons (Fsp3) is 0.867. The molecule has 4 aliphatic rings. The molecular weight excluding hydrogens is 456 g/mol. The molecule has 0 aromatic heterocycles. The van der Waals surface area contributed by atoms with Crippen molar-refractivity contribution in [1.82, 2.24) is 0 Å². The summed E-state index contributed by atoms with van der Waals surface area (Å²) < 4.78 is 4.98. The van der Waals surface area contributed by atoms with Gasteiger partial charge in [-0.1, -0.05) is 39.3 Å². The van der Waals surface area contributed by atoms with Crippen LogP contribution in [0.1, 0.15) is 99.3 Å². The number of hydrogen-bond acceptors (Lipinski definition) is 6. The summed E-state index contributed by atoms with van der Waals surface area (Å²) in [5.41, 5.74) is -2.33. The van der Waals surface area contributed by atoms with Crippen LogP contribution in [0, 0.1) is 39.4 Å². The summed E-state index contributed by atoms with van der Waals surface area (Å²) in [6, 6.07) is 0. The standard InChI is InChI=1S/C30H48O6/c1-25(2,34)21-10-13-28(5)22(27(21,4)12-11-24(33)36-7)9-8-19-20-16-26(3,18-31)14-15-30(20,35)23(32)17-29(19,28)6/h8,20-22,31,34-35H,9-18H2,1-7H3/t20-,21?,22+,26+,27-,28+,29+,30+/m0/s1. The number of aliphatic hydroxyl groups excluding tert-OH is 1. The first-order chi connectivity index (χ1) is 16.5. The molecule has 204 valence electrons. The first kappa shape index (κ1) is 27.8. The van der Waals surface area contributed by atoms with E-state index in [0.29, 0.717) is 38.5 Å². The first-order valence-corrected chi connectivity index (χ1v) is 13.9. The monoisotopic (exact) mass is 504 g/mol. The number of Topliss-reactive ketones (excluding diaryl/α,β-unsaturated/α-hetero) is 1. The number of ether oxygens (including phenoxy) is 1. The van der Waals surface area contributed by atoms with Crippen LogP contribution in [-0.4, -0.2) is 52.0 Å². The smallest absolute Gasteiger partial charge is 0.305 e. The summed E-state index contributed by atoms with van der Waals surface area (Å²) in [6.45, 7) is 12.6. The lowest BCUT2D eigenvalue weighted by molar-refractivity contribution is -0.195. The molecule has 0 radical (unpaired) electrons. The summed E-state index contributed by atoms with van der Waals surface area (Å²) in [5.74, 6) is -0.398. The van der Waals surface area contributed by atoms with E-state index in [1.165, 1.54) is 12.7 Å². The van der Waals surface area contributed by atoms with Gasteiger partial charge in [0.1, 0.15) is 5.60 Å². The average molecular weight is 505 g/mol. The lowest BCUT2D eigenvalue weighted by Crippen LogP contribution is -2.66. The average Bonchev–Trinajstić information content (AvgIpc) is 2.79. The highest BCUT2D eigenvalue weighted by molar-refractivity contribution is 5.91. The van der Waals surface area contributed by atoms with Gasteiger partial charge in [-0.25, -0.2) is 0 Å². The molecule has 0 amide bonds. The van der Waals surface area contributed by atoms with Crippen LogP contribution in [0.2, 0.25) is 0 Å². The van der Waals surface area contributed by atoms with E-state index in [4.69, 9.17) is 4.74 Å². The molecule has 3 fully saturated rings. The third-order valence-electron chi connectivity index (χ3n) is 11.9. The summed E-state index contributed by atoms with van der Waals surface area (Å²) in [4.78, 5) is 25.9. The van der Waals surface area contributed by atoms with Gasteiger partial charge in [0.15, 0.2) is 5.78 Å². The van der Waals surface area contributed by atoms with Gasteiger partial charge in [0.25, 0.3) is 0 Å². The number of aliphatic hydroxyl groups is 3. The normalized spacial score (nSPS) is 46.8. The number of hydrogen-bond donors (Lipinski definition) is 3. The van der Waals surface area contributed by atoms with Crippen molar-refractivity contribution < 1.29 is 29.6 Å². The number of esters is 1. The predicted molar refractivity (Wildman–Crippen MR) is 138 cm³/mol. The Balaban J connectivity index is 1.81. The van der Waals surface area contributed by atoms with Crippen molar-refractivity contribution in [2.24, 2.45) is 39.4 Å². The van der Waals surface area contributed by atoms with Gasteiger partial charge in [0, 0.05) is 30.8 Å². The van der Waals surface area contributed by atoms with E-state index in [1.807, 2.05) is 13.8 Å². The quantitative estimate of drug-likeness (QED) is 0.374. The fourth-order valence-corrected chi connectivity index (χ4v) is 9.47. The highest BCUT2D eigenvalue weighted by Crippen LogP contribution is 2.72. The number of carbonyl (C=O) groups is 2. The fourth-order valence-electron chi connectivity index (χ4n) is 9.47. The summed E-state index contributed by atoms with van der Waals surface area (Å²) in [6.07, 6.45) is 7.67. The Kier molecular flexibility index (Phi) is 6.67. The van der Waals surface area contributed by atoms with Crippen LogP contribution in [-0.2, 0) is 14.3 Å². The Labute approximate surface area is 216 Å². The number of fused-ring (bicyclic) bond motifs is 5. The zero-order valence-corrected chi connectivity index (χ0v) is 23.4. The Bertz CT molecular complexity index is 950. The van der Waals surface area contributed by atoms with Crippen LogP contribution < -0.4 is 0 Å². The largest absolute Gasteiger partial charge is 0.469 e. The SMILES string of the molecule is COC(=O)CC[C@@]1(C)C(C(C)(C)O)CC[C@]2(C)[C@@H]1CC=C1[C@@H]3C[C@](C)(CO)CC[C@]3(O)C(=O)C[C@]12C. The van der Waals surface area contributed by atoms with Crippen LogP contribution in [0.25, 0.3) is 0 Å². The molecule has 0 aromatic rings. The summed E-state index contributed by atoms with van der Waals surface area (Å²) >= 11 is 0. The van der Waals surface area contributed by atoms with Crippen molar-refractivity contribution in [3.8, 4) is 0 Å². The zero-order valence-electron chi connectivity index (χ0n) is 23.4. The van der Waals surface area contributed by atoms with E-state index in [-0.39, 0.29) is 52.4 Å². The molecule has 3 N–H and O–H groups in total. The van der Waals surface area contributed by atoms with Gasteiger partial charge >= 0.3 is 5.97 Å². The number of allylic oxidation sites excluding steroid dienone is 1. The molecule has 0 spiro atoms. The lowest BCUT2D eigenvalue weighted by Gasteiger charge is -2.69. The molecule has 3 saturated carbocycles. The molecule has 8 atom stereocenters. The van der Waals surface area contributed by atoms with Crippen molar-refractivity contribution in [2.75, 3.05) is 13.7 Å². The minimum atomic E-state index is -1.35. The van der Waals surface area contributed by atoms with Crippen LogP contribution >= 0.6 is 0 Å².